The fourth-order valence-corrected chi connectivity index (χ4v) is 6.51. The van der Waals surface area contributed by atoms with Gasteiger partial charge in [0.1, 0.15) is 0 Å². The molecule has 2 bridgehead atoms. The summed E-state index contributed by atoms with van der Waals surface area (Å²) in [7, 11) is 0. The smallest absolute Gasteiger partial charge is 0.253 e. The SMILES string of the molecule is CCN(CC)C(=O)c1ccc2c(c1)Oc1ccccc1N2[C@H]1C[C@H]2CC[C@@H](C1)N2Cc1ccccc1. The number of carbonyl (C=O) groups excluding carboxylic acids is 1. The quantitative estimate of drug-likeness (QED) is 0.397. The van der Waals surface area contributed by atoms with Crippen molar-refractivity contribution < 1.29 is 9.53 Å². The van der Waals surface area contributed by atoms with Crippen molar-refractivity contribution in [2.75, 3.05) is 18.0 Å². The molecule has 0 spiro atoms. The highest BCUT2D eigenvalue weighted by molar-refractivity contribution is 5.96. The summed E-state index contributed by atoms with van der Waals surface area (Å²) >= 11 is 0. The van der Waals surface area contributed by atoms with Crippen LogP contribution in [0.3, 0.4) is 0 Å². The lowest BCUT2D eigenvalue weighted by molar-refractivity contribution is 0.0772. The number of amides is 1. The molecule has 6 rings (SSSR count). The Labute approximate surface area is 214 Å². The summed E-state index contributed by atoms with van der Waals surface area (Å²) in [4.78, 5) is 20.2. The van der Waals surface area contributed by atoms with Crippen LogP contribution >= 0.6 is 0 Å². The molecule has 0 aromatic heterocycles. The number of fused-ring (bicyclic) bond motifs is 4. The van der Waals surface area contributed by atoms with E-state index in [1.54, 1.807) is 0 Å². The van der Waals surface area contributed by atoms with Crippen molar-refractivity contribution in [3.05, 3.63) is 83.9 Å². The van der Waals surface area contributed by atoms with Crippen LogP contribution in [0.1, 0.15) is 55.5 Å². The summed E-state index contributed by atoms with van der Waals surface area (Å²) in [6.07, 6.45) is 4.81. The number of ether oxygens (including phenoxy) is 1. The molecule has 0 aliphatic carbocycles. The highest BCUT2D eigenvalue weighted by atomic mass is 16.5. The van der Waals surface area contributed by atoms with Gasteiger partial charge in [0.15, 0.2) is 11.5 Å². The summed E-state index contributed by atoms with van der Waals surface area (Å²) in [5.74, 6) is 1.71. The number of carbonyl (C=O) groups is 1. The molecule has 5 heteroatoms. The van der Waals surface area contributed by atoms with Crippen LogP contribution in [0, 0.1) is 0 Å². The van der Waals surface area contributed by atoms with Crippen LogP contribution in [-0.2, 0) is 6.54 Å². The first-order valence-corrected chi connectivity index (χ1v) is 13.4. The number of para-hydroxylation sites is 2. The summed E-state index contributed by atoms with van der Waals surface area (Å²) < 4.78 is 6.38. The fourth-order valence-electron chi connectivity index (χ4n) is 6.51. The maximum absolute atomic E-state index is 13.1. The van der Waals surface area contributed by atoms with E-state index in [2.05, 4.69) is 58.3 Å². The Bertz CT molecular complexity index is 1230. The van der Waals surface area contributed by atoms with Gasteiger partial charge in [-0.1, -0.05) is 42.5 Å². The minimum atomic E-state index is 0.0593. The van der Waals surface area contributed by atoms with Gasteiger partial charge in [0.25, 0.3) is 5.91 Å². The standard InChI is InChI=1S/C31H35N3O2/c1-3-32(4-2)31(35)23-14-17-28-30(18-23)36-29-13-9-8-12-27(29)34(28)26-19-24-15-16-25(20-26)33(24)21-22-10-6-5-7-11-22/h5-14,17-18,24-26H,3-4,15-16,19-21H2,1-2H3/t24-,25+,26+. The Balaban J connectivity index is 1.31. The Morgan fingerprint density at radius 3 is 2.22 bits per heavy atom. The van der Waals surface area contributed by atoms with Crippen LogP contribution in [0.25, 0.3) is 0 Å². The third kappa shape index (κ3) is 4.05. The lowest BCUT2D eigenvalue weighted by Crippen LogP contribution is -2.49. The lowest BCUT2D eigenvalue weighted by atomic mass is 9.93. The summed E-state index contributed by atoms with van der Waals surface area (Å²) in [5, 5.41) is 0. The van der Waals surface area contributed by atoms with E-state index in [0.717, 1.165) is 42.3 Å². The molecule has 186 valence electrons. The number of anilines is 2. The number of hydrogen-bond donors (Lipinski definition) is 0. The molecule has 0 saturated carbocycles. The third-order valence-corrected chi connectivity index (χ3v) is 8.29. The van der Waals surface area contributed by atoms with Gasteiger partial charge >= 0.3 is 0 Å². The van der Waals surface area contributed by atoms with Crippen LogP contribution in [0.2, 0.25) is 0 Å². The second-order valence-corrected chi connectivity index (χ2v) is 10.3. The minimum absolute atomic E-state index is 0.0593. The van der Waals surface area contributed by atoms with Gasteiger partial charge in [0.05, 0.1) is 11.4 Å². The van der Waals surface area contributed by atoms with Gasteiger partial charge in [0, 0.05) is 43.3 Å². The van der Waals surface area contributed by atoms with Crippen LogP contribution in [0.4, 0.5) is 11.4 Å². The molecule has 5 nitrogen and oxygen atoms in total. The Morgan fingerprint density at radius 2 is 1.50 bits per heavy atom. The number of benzene rings is 3. The van der Waals surface area contributed by atoms with E-state index in [4.69, 9.17) is 4.74 Å². The summed E-state index contributed by atoms with van der Waals surface area (Å²) in [5.41, 5.74) is 4.30. The van der Waals surface area contributed by atoms with Gasteiger partial charge in [-0.15, -0.1) is 0 Å². The number of hydrogen-bond acceptors (Lipinski definition) is 4. The van der Waals surface area contributed by atoms with Crippen molar-refractivity contribution in [3.8, 4) is 11.5 Å². The Hall–Kier alpha value is -3.31. The highest BCUT2D eigenvalue weighted by Gasteiger charge is 2.44. The first-order chi connectivity index (χ1) is 17.7. The van der Waals surface area contributed by atoms with E-state index in [9.17, 15) is 4.79 Å². The van der Waals surface area contributed by atoms with Crippen molar-refractivity contribution in [1.82, 2.24) is 9.80 Å². The second-order valence-electron chi connectivity index (χ2n) is 10.3. The van der Waals surface area contributed by atoms with E-state index in [-0.39, 0.29) is 5.91 Å². The molecule has 2 saturated heterocycles. The van der Waals surface area contributed by atoms with E-state index >= 15 is 0 Å². The zero-order chi connectivity index (χ0) is 24.6. The molecular formula is C31H35N3O2. The van der Waals surface area contributed by atoms with Crippen LogP contribution in [0.15, 0.2) is 72.8 Å². The van der Waals surface area contributed by atoms with Gasteiger partial charge in [-0.3, -0.25) is 9.69 Å². The second kappa shape index (κ2) is 9.62. The van der Waals surface area contributed by atoms with Crippen molar-refractivity contribution in [2.24, 2.45) is 0 Å². The summed E-state index contributed by atoms with van der Waals surface area (Å²) in [6.45, 7) is 6.48. The molecule has 1 amide bonds. The predicted octanol–water partition coefficient (Wildman–Crippen LogP) is 6.61. The van der Waals surface area contributed by atoms with Crippen molar-refractivity contribution in [3.63, 3.8) is 0 Å². The molecule has 3 aliphatic heterocycles. The van der Waals surface area contributed by atoms with Gasteiger partial charge in [-0.05, 0) is 75.4 Å². The molecule has 3 aromatic rings. The molecule has 0 N–H and O–H groups in total. The molecule has 3 heterocycles. The van der Waals surface area contributed by atoms with E-state index in [0.29, 0.717) is 36.8 Å². The summed E-state index contributed by atoms with van der Waals surface area (Å²) in [6, 6.07) is 26.8. The maximum atomic E-state index is 13.1. The predicted molar refractivity (Wildman–Crippen MR) is 144 cm³/mol. The Morgan fingerprint density at radius 1 is 0.833 bits per heavy atom. The van der Waals surface area contributed by atoms with E-state index in [1.807, 2.05) is 43.0 Å². The number of rotatable bonds is 6. The Kier molecular flexibility index (Phi) is 6.18. The molecular weight excluding hydrogens is 446 g/mol. The number of piperidine rings is 1. The molecule has 36 heavy (non-hydrogen) atoms. The highest BCUT2D eigenvalue weighted by Crippen LogP contribution is 2.51. The van der Waals surface area contributed by atoms with Crippen molar-refractivity contribution in [1.29, 1.82) is 0 Å². The van der Waals surface area contributed by atoms with Crippen LogP contribution in [0.5, 0.6) is 11.5 Å². The van der Waals surface area contributed by atoms with Gasteiger partial charge in [-0.2, -0.15) is 0 Å². The first kappa shape index (κ1) is 23.1. The molecule has 3 atom stereocenters. The zero-order valence-electron chi connectivity index (χ0n) is 21.3. The fraction of sp³-hybridized carbons (Fsp3) is 0.387. The maximum Gasteiger partial charge on any atom is 0.253 e. The average molecular weight is 482 g/mol. The number of nitrogens with zero attached hydrogens (tertiary/aromatic N) is 3. The lowest BCUT2D eigenvalue weighted by Gasteiger charge is -2.46. The largest absolute Gasteiger partial charge is 0.453 e. The van der Waals surface area contributed by atoms with Crippen LogP contribution < -0.4 is 9.64 Å². The average Bonchev–Trinajstić information content (AvgIpc) is 3.14. The van der Waals surface area contributed by atoms with E-state index in [1.165, 1.54) is 18.4 Å². The molecule has 3 aromatic carbocycles. The van der Waals surface area contributed by atoms with Crippen molar-refractivity contribution in [2.45, 2.75) is 64.2 Å². The van der Waals surface area contributed by atoms with Gasteiger partial charge in [0.2, 0.25) is 0 Å². The van der Waals surface area contributed by atoms with Crippen molar-refractivity contribution >= 4 is 17.3 Å². The monoisotopic (exact) mass is 481 g/mol. The zero-order valence-corrected chi connectivity index (χ0v) is 21.3. The third-order valence-electron chi connectivity index (χ3n) is 8.29. The normalized spacial score (nSPS) is 22.5. The first-order valence-electron chi connectivity index (χ1n) is 13.4. The minimum Gasteiger partial charge on any atom is -0.453 e. The van der Waals surface area contributed by atoms with E-state index < -0.39 is 0 Å². The molecule has 0 radical (unpaired) electrons. The topological polar surface area (TPSA) is 36.0 Å². The van der Waals surface area contributed by atoms with Gasteiger partial charge < -0.3 is 14.5 Å². The van der Waals surface area contributed by atoms with Crippen LogP contribution in [-0.4, -0.2) is 46.9 Å². The molecule has 3 aliphatic rings. The van der Waals surface area contributed by atoms with Gasteiger partial charge in [-0.25, -0.2) is 0 Å². The molecule has 0 unspecified atom stereocenters. The molecule has 2 fully saturated rings.